The summed E-state index contributed by atoms with van der Waals surface area (Å²) in [6.07, 6.45) is 4.79. The van der Waals surface area contributed by atoms with E-state index in [0.717, 1.165) is 74.8 Å². The Morgan fingerprint density at radius 2 is 2.07 bits per heavy atom. The molecule has 0 unspecified atom stereocenters. The van der Waals surface area contributed by atoms with Gasteiger partial charge in [-0.15, -0.1) is 24.0 Å². The first-order valence-electron chi connectivity index (χ1n) is 10.4. The van der Waals surface area contributed by atoms with Crippen molar-refractivity contribution in [3.05, 3.63) is 45.6 Å². The lowest BCUT2D eigenvalue weighted by molar-refractivity contribution is 0.411. The highest BCUT2D eigenvalue weighted by molar-refractivity contribution is 14.0. The van der Waals surface area contributed by atoms with E-state index in [4.69, 9.17) is 4.74 Å². The molecule has 0 atom stereocenters. The zero-order valence-electron chi connectivity index (χ0n) is 18.1. The second kappa shape index (κ2) is 12.0. The number of nitrogens with zero attached hydrogens (tertiary/aromatic N) is 4. The monoisotopic (exact) mass is 528 g/mol. The third-order valence-corrected chi connectivity index (χ3v) is 5.27. The van der Waals surface area contributed by atoms with Crippen LogP contribution in [0.15, 0.2) is 28.0 Å². The number of aryl methyl sites for hydroxylation is 3. The van der Waals surface area contributed by atoms with Crippen LogP contribution in [0.4, 0.5) is 0 Å². The van der Waals surface area contributed by atoms with Crippen molar-refractivity contribution in [1.29, 1.82) is 0 Å². The van der Waals surface area contributed by atoms with Crippen LogP contribution in [0.1, 0.15) is 36.2 Å². The van der Waals surface area contributed by atoms with Crippen LogP contribution in [0, 0.1) is 6.92 Å². The fourth-order valence-corrected chi connectivity index (χ4v) is 3.60. The van der Waals surface area contributed by atoms with Gasteiger partial charge in [-0.1, -0.05) is 12.1 Å². The first kappa shape index (κ1) is 24.2. The SMILES string of the molecule is CN=C(NCCCn1nc2n(c1=O)CCCC2)NCCc1ccc(C)c(OC)c1.I. The summed E-state index contributed by atoms with van der Waals surface area (Å²) in [4.78, 5) is 16.6. The van der Waals surface area contributed by atoms with Crippen LogP contribution in [0.3, 0.4) is 0 Å². The maximum atomic E-state index is 12.3. The number of nitrogens with one attached hydrogen (secondary N) is 2. The second-order valence-electron chi connectivity index (χ2n) is 7.36. The Morgan fingerprint density at radius 1 is 1.27 bits per heavy atom. The standard InChI is InChI=1S/C21H32N6O2.HI/c1-16-8-9-17(15-18(16)29-3)10-12-24-20(22-2)23-11-6-14-27-21(28)26-13-5-4-7-19(26)25-27;/h8-9,15H,4-7,10-14H2,1-3H3,(H2,22,23,24);1H. The van der Waals surface area contributed by atoms with Gasteiger partial charge in [0.25, 0.3) is 0 Å². The molecule has 8 nitrogen and oxygen atoms in total. The number of halogens is 1. The van der Waals surface area contributed by atoms with E-state index in [9.17, 15) is 4.79 Å². The zero-order chi connectivity index (χ0) is 20.6. The molecule has 0 saturated heterocycles. The summed E-state index contributed by atoms with van der Waals surface area (Å²) in [5, 5.41) is 11.1. The van der Waals surface area contributed by atoms with Gasteiger partial charge in [0.15, 0.2) is 5.96 Å². The lowest BCUT2D eigenvalue weighted by Crippen LogP contribution is -2.39. The highest BCUT2D eigenvalue weighted by Gasteiger charge is 2.16. The van der Waals surface area contributed by atoms with Crippen molar-refractivity contribution in [2.45, 2.75) is 52.1 Å². The molecule has 1 aromatic heterocycles. The molecular weight excluding hydrogens is 495 g/mol. The molecule has 0 spiro atoms. The van der Waals surface area contributed by atoms with Gasteiger partial charge in [0.05, 0.1) is 7.11 Å². The number of guanidine groups is 1. The van der Waals surface area contributed by atoms with Crippen molar-refractivity contribution >= 4 is 29.9 Å². The van der Waals surface area contributed by atoms with E-state index in [-0.39, 0.29) is 29.7 Å². The third kappa shape index (κ3) is 6.23. The second-order valence-corrected chi connectivity index (χ2v) is 7.36. The van der Waals surface area contributed by atoms with Crippen LogP contribution in [0.5, 0.6) is 5.75 Å². The van der Waals surface area contributed by atoms with Gasteiger partial charge in [0.2, 0.25) is 0 Å². The Bertz CT molecular complexity index is 905. The Hall–Kier alpha value is -2.04. The van der Waals surface area contributed by atoms with Gasteiger partial charge in [-0.2, -0.15) is 5.10 Å². The molecule has 2 heterocycles. The van der Waals surface area contributed by atoms with Crippen LogP contribution in [-0.4, -0.2) is 47.6 Å². The Kier molecular flexibility index (Phi) is 9.67. The lowest BCUT2D eigenvalue weighted by atomic mass is 10.1. The number of ether oxygens (including phenoxy) is 1. The molecule has 0 fully saturated rings. The van der Waals surface area contributed by atoms with Gasteiger partial charge in [-0.3, -0.25) is 9.56 Å². The van der Waals surface area contributed by atoms with Gasteiger partial charge in [0.1, 0.15) is 11.6 Å². The van der Waals surface area contributed by atoms with E-state index in [0.29, 0.717) is 6.54 Å². The molecule has 9 heteroatoms. The van der Waals surface area contributed by atoms with Crippen LogP contribution >= 0.6 is 24.0 Å². The molecule has 0 radical (unpaired) electrons. The van der Waals surface area contributed by atoms with E-state index in [2.05, 4.69) is 38.9 Å². The van der Waals surface area contributed by atoms with E-state index in [1.54, 1.807) is 18.8 Å². The summed E-state index contributed by atoms with van der Waals surface area (Å²) in [5.74, 6) is 2.61. The van der Waals surface area contributed by atoms with Gasteiger partial charge < -0.3 is 15.4 Å². The molecule has 2 aromatic rings. The fraction of sp³-hybridized carbons (Fsp3) is 0.571. The summed E-state index contributed by atoms with van der Waals surface area (Å²) in [7, 11) is 3.46. The summed E-state index contributed by atoms with van der Waals surface area (Å²) >= 11 is 0. The molecule has 0 saturated carbocycles. The quantitative estimate of drug-likeness (QED) is 0.237. The lowest BCUT2D eigenvalue weighted by Gasteiger charge is -2.12. The molecule has 30 heavy (non-hydrogen) atoms. The van der Waals surface area contributed by atoms with Crippen molar-refractivity contribution in [2.24, 2.45) is 4.99 Å². The summed E-state index contributed by atoms with van der Waals surface area (Å²) in [6, 6.07) is 6.28. The average molecular weight is 528 g/mol. The van der Waals surface area contributed by atoms with Crippen LogP contribution in [0.2, 0.25) is 0 Å². The van der Waals surface area contributed by atoms with Crippen molar-refractivity contribution in [3.8, 4) is 5.75 Å². The molecule has 166 valence electrons. The summed E-state index contributed by atoms with van der Waals surface area (Å²) in [5.41, 5.74) is 2.38. The van der Waals surface area contributed by atoms with E-state index < -0.39 is 0 Å². The van der Waals surface area contributed by atoms with Gasteiger partial charge in [-0.05, 0) is 49.8 Å². The van der Waals surface area contributed by atoms with E-state index >= 15 is 0 Å². The number of hydrogen-bond acceptors (Lipinski definition) is 4. The first-order chi connectivity index (χ1) is 14.1. The first-order valence-corrected chi connectivity index (χ1v) is 10.4. The number of benzene rings is 1. The topological polar surface area (TPSA) is 85.5 Å². The van der Waals surface area contributed by atoms with Crippen LogP contribution in [-0.2, 0) is 25.9 Å². The largest absolute Gasteiger partial charge is 0.496 e. The molecule has 2 N–H and O–H groups in total. The van der Waals surface area contributed by atoms with Gasteiger partial charge in [0, 0.05) is 39.6 Å². The van der Waals surface area contributed by atoms with Crippen LogP contribution in [0.25, 0.3) is 0 Å². The van der Waals surface area contributed by atoms with Gasteiger partial charge in [-0.25, -0.2) is 9.48 Å². The van der Waals surface area contributed by atoms with Crippen LogP contribution < -0.4 is 21.1 Å². The third-order valence-electron chi connectivity index (χ3n) is 5.27. The maximum Gasteiger partial charge on any atom is 0.345 e. The number of fused-ring (bicyclic) bond motifs is 1. The van der Waals surface area contributed by atoms with Crippen molar-refractivity contribution in [1.82, 2.24) is 25.0 Å². The number of aliphatic imine (C=N–C) groups is 1. The minimum Gasteiger partial charge on any atom is -0.496 e. The zero-order valence-corrected chi connectivity index (χ0v) is 20.4. The minimum absolute atomic E-state index is 0. The molecule has 1 aliphatic rings. The Balaban J connectivity index is 0.00000320. The van der Waals surface area contributed by atoms with Crippen molar-refractivity contribution in [2.75, 3.05) is 27.2 Å². The summed E-state index contributed by atoms with van der Waals surface area (Å²) < 4.78 is 8.80. The molecular formula is C21H33IN6O2. The molecule has 0 amide bonds. The number of aromatic nitrogens is 3. The molecule has 1 aromatic carbocycles. The predicted molar refractivity (Wildman–Crippen MR) is 130 cm³/mol. The minimum atomic E-state index is 0. The fourth-order valence-electron chi connectivity index (χ4n) is 3.60. The smallest absolute Gasteiger partial charge is 0.345 e. The molecule has 0 bridgehead atoms. The predicted octanol–water partition coefficient (Wildman–Crippen LogP) is 2.11. The number of methoxy groups -OCH3 is 1. The Morgan fingerprint density at radius 3 is 2.80 bits per heavy atom. The van der Waals surface area contributed by atoms with E-state index in [1.807, 2.05) is 11.5 Å². The summed E-state index contributed by atoms with van der Waals surface area (Å²) in [6.45, 7) is 4.97. The highest BCUT2D eigenvalue weighted by Crippen LogP contribution is 2.19. The maximum absolute atomic E-state index is 12.3. The molecule has 1 aliphatic heterocycles. The average Bonchev–Trinajstić information content (AvgIpc) is 3.06. The van der Waals surface area contributed by atoms with E-state index in [1.165, 1.54) is 5.56 Å². The van der Waals surface area contributed by atoms with Gasteiger partial charge >= 0.3 is 5.69 Å². The van der Waals surface area contributed by atoms with Crippen molar-refractivity contribution in [3.63, 3.8) is 0 Å². The van der Waals surface area contributed by atoms with Crippen molar-refractivity contribution < 1.29 is 4.74 Å². The normalized spacial score (nSPS) is 13.4. The number of hydrogen-bond donors (Lipinski definition) is 2. The molecule has 0 aliphatic carbocycles. The number of rotatable bonds is 8. The Labute approximate surface area is 195 Å². The highest BCUT2D eigenvalue weighted by atomic mass is 127. The molecule has 3 rings (SSSR count).